The van der Waals surface area contributed by atoms with E-state index in [2.05, 4.69) is 40.0 Å². The monoisotopic (exact) mass is 1330 g/mol. The number of alkyl halides is 9. The van der Waals surface area contributed by atoms with E-state index in [4.69, 9.17) is 66.3 Å². The number of hydrogen-bond donors (Lipinski definition) is 2. The Morgan fingerprint density at radius 2 is 0.940 bits per heavy atom. The molecule has 0 saturated carbocycles. The molecule has 0 aliphatic carbocycles. The minimum atomic E-state index is -4.56. The van der Waals surface area contributed by atoms with Crippen molar-refractivity contribution in [2.24, 2.45) is 5.73 Å². The molecule has 6 rings (SSSR count). The van der Waals surface area contributed by atoms with E-state index in [0.29, 0.717) is 54.9 Å². The molecule has 0 aromatic carbocycles. The van der Waals surface area contributed by atoms with Gasteiger partial charge in [-0.05, 0) is 97.2 Å². The summed E-state index contributed by atoms with van der Waals surface area (Å²) in [6, 6.07) is 6.47. The van der Waals surface area contributed by atoms with Crippen molar-refractivity contribution in [1.82, 2.24) is 29.9 Å². The first-order chi connectivity index (χ1) is 38.1. The highest BCUT2D eigenvalue weighted by molar-refractivity contribution is 7.18. The molecule has 462 valence electrons. The minimum absolute atomic E-state index is 0. The molecule has 0 aliphatic heterocycles. The molecule has 3 N–H and O–H groups in total. The third-order valence-electron chi connectivity index (χ3n) is 8.27. The molecule has 1 amide bonds. The number of anilines is 2. The normalized spacial score (nSPS) is 11.4. The average molecular weight is 1340 g/mol. The highest BCUT2D eigenvalue weighted by Crippen LogP contribution is 2.33. The lowest BCUT2D eigenvalue weighted by Gasteiger charge is -2.25. The van der Waals surface area contributed by atoms with E-state index in [1.165, 1.54) is 18.2 Å². The Labute approximate surface area is 506 Å². The van der Waals surface area contributed by atoms with Gasteiger partial charge in [0.1, 0.15) is 48.5 Å². The molecule has 0 radical (unpaired) electrons. The summed E-state index contributed by atoms with van der Waals surface area (Å²) in [6.07, 6.45) is -11.3. The van der Waals surface area contributed by atoms with Crippen LogP contribution < -0.4 is 16.0 Å². The van der Waals surface area contributed by atoms with E-state index in [-0.39, 0.29) is 52.5 Å². The molecule has 84 heavy (non-hydrogen) atoms. The van der Waals surface area contributed by atoms with Gasteiger partial charge in [0.2, 0.25) is 0 Å². The van der Waals surface area contributed by atoms with Crippen LogP contribution in [0, 0.1) is 0 Å². The molecule has 6 aromatic rings. The van der Waals surface area contributed by atoms with Crippen LogP contribution in [0.3, 0.4) is 0 Å². The highest BCUT2D eigenvalue weighted by Gasteiger charge is 2.34. The minimum Gasteiger partial charge on any atom is -0.443 e. The maximum absolute atomic E-state index is 12.6. The van der Waals surface area contributed by atoms with Crippen LogP contribution >= 0.6 is 80.4 Å². The number of ether oxygens (including phenoxy) is 4. The lowest BCUT2D eigenvalue weighted by molar-refractivity contribution is -0.142. The van der Waals surface area contributed by atoms with E-state index < -0.39 is 70.8 Å². The number of nitrogens with one attached hydrogen (secondary N) is 1. The summed E-state index contributed by atoms with van der Waals surface area (Å²) in [7, 11) is 0. The van der Waals surface area contributed by atoms with Gasteiger partial charge in [-0.25, -0.2) is 34.2 Å². The van der Waals surface area contributed by atoms with Crippen LogP contribution in [-0.2, 0) is 57.1 Å². The highest BCUT2D eigenvalue weighted by atomic mass is 35.5. The number of amides is 1. The van der Waals surface area contributed by atoms with Crippen LogP contribution in [-0.4, -0.2) is 84.0 Å². The molecule has 0 saturated heterocycles. The summed E-state index contributed by atoms with van der Waals surface area (Å²) in [5, 5.41) is 3.55. The maximum Gasteiger partial charge on any atom is 0.519 e. The fourth-order valence-corrected chi connectivity index (χ4v) is 8.09. The number of carbonyl (C=O) groups excluding carboxylic acids is 6. The van der Waals surface area contributed by atoms with Gasteiger partial charge < -0.3 is 30.0 Å². The molecule has 19 nitrogen and oxygen atoms in total. The SMILES string of the molecule is C.CC(C)(C)OC(=O)N(Cc1ccc(C(F)(F)F)nc1)c1nc(Cl)c(C=O)s1.CC(C)(C)OC(=O)OC(=O)OC(C)(C)C.NCc1ccc(C(F)(F)F)nc1.O=Cc1sc(Cl)nc1Cl.O=Cc1sc(NCc2ccc(C(F)(F)F)nc2)nc1Cl. The van der Waals surface area contributed by atoms with Gasteiger partial charge in [-0.2, -0.15) is 39.5 Å². The standard InChI is InChI=1S/C16H15ClF3N3O3S.C11H7ClF3N3OS.C10H18O5.C7H7F3N2.C4HCl2NOS.CH4/c1-15(2,3)26-14(25)23(13-22-12(17)10(8-24)27-13)7-9-4-5-11(21-6-9)16(18,19)20;12-9-7(5-19)20-10(18-9)17-4-6-1-2-8(16-3-6)11(13,14)15;1-9(2,3)14-7(11)13-8(12)15-10(4,5)6;8-7(9,10)6-2-1-5(3-11)4-12-6;5-3-2(1-8)9-4(6)7-3;/h4-6,8H,7H2,1-3H3;1-3,5H,4H2,(H,17,18);1-6H3;1-2,4H,3,11H2;1H;1H4. The summed E-state index contributed by atoms with van der Waals surface area (Å²) in [5.74, 6) is 0. The van der Waals surface area contributed by atoms with Gasteiger partial charge in [-0.15, -0.1) is 0 Å². The number of thiazole rings is 3. The second kappa shape index (κ2) is 32.8. The van der Waals surface area contributed by atoms with Crippen molar-refractivity contribution in [3.63, 3.8) is 0 Å². The number of hydrogen-bond acceptors (Lipinski definition) is 21. The van der Waals surface area contributed by atoms with Crippen LogP contribution in [0.4, 0.5) is 64.2 Å². The van der Waals surface area contributed by atoms with Crippen LogP contribution in [0.15, 0.2) is 55.0 Å². The molecule has 35 heteroatoms. The third kappa shape index (κ3) is 28.5. The van der Waals surface area contributed by atoms with E-state index in [0.717, 1.165) is 75.7 Å². The molecule has 0 fully saturated rings. The Morgan fingerprint density at radius 1 is 0.560 bits per heavy atom. The van der Waals surface area contributed by atoms with Gasteiger partial charge in [-0.3, -0.25) is 29.3 Å². The van der Waals surface area contributed by atoms with Crippen molar-refractivity contribution in [2.75, 3.05) is 10.2 Å². The van der Waals surface area contributed by atoms with Crippen LogP contribution in [0.5, 0.6) is 0 Å². The number of nitrogens with zero attached hydrogens (tertiary/aromatic N) is 7. The summed E-state index contributed by atoms with van der Waals surface area (Å²) < 4.78 is 130. The summed E-state index contributed by atoms with van der Waals surface area (Å²) >= 11 is 25.4. The number of nitrogens with two attached hydrogens (primary N) is 1. The Balaban J connectivity index is 0.000000550. The molecule has 0 atom stereocenters. The lowest BCUT2D eigenvalue weighted by atomic mass is 10.2. The molecule has 0 spiro atoms. The molecule has 6 aromatic heterocycles. The number of rotatable bonds is 10. The Bertz CT molecular complexity index is 3070. The van der Waals surface area contributed by atoms with E-state index in [9.17, 15) is 68.3 Å². The Hall–Kier alpha value is -6.35. The van der Waals surface area contributed by atoms with E-state index in [1.54, 1.807) is 62.3 Å². The largest absolute Gasteiger partial charge is 0.519 e. The number of aromatic nitrogens is 6. The first-order valence-electron chi connectivity index (χ1n) is 22.7. The lowest BCUT2D eigenvalue weighted by Crippen LogP contribution is -2.36. The second-order valence-electron chi connectivity index (χ2n) is 18.6. The van der Waals surface area contributed by atoms with Crippen molar-refractivity contribution in [1.29, 1.82) is 0 Å². The van der Waals surface area contributed by atoms with Crippen LogP contribution in [0.1, 0.15) is 133 Å². The number of halogens is 13. The van der Waals surface area contributed by atoms with Gasteiger partial charge in [0, 0.05) is 31.7 Å². The average Bonchev–Trinajstić information content (AvgIpc) is 4.17. The van der Waals surface area contributed by atoms with Crippen molar-refractivity contribution in [3.05, 3.63) is 123 Å². The third-order valence-corrected chi connectivity index (χ3v) is 12.5. The maximum atomic E-state index is 12.6. The first kappa shape index (κ1) is 75.7. The van der Waals surface area contributed by atoms with Crippen molar-refractivity contribution in [2.45, 2.75) is 125 Å². The molecular weight excluding hydrogens is 1280 g/mol. The van der Waals surface area contributed by atoms with Crippen molar-refractivity contribution in [3.8, 4) is 0 Å². The van der Waals surface area contributed by atoms with Gasteiger partial charge in [-0.1, -0.05) is 106 Å². The number of aldehydes is 3. The fraction of sp³-hybridized carbons (Fsp3) is 0.388. The molecule has 0 unspecified atom stereocenters. The zero-order valence-corrected chi connectivity index (χ0v) is 50.0. The predicted octanol–water partition coefficient (Wildman–Crippen LogP) is 15.9. The summed E-state index contributed by atoms with van der Waals surface area (Å²) in [6.45, 7) is 15.3. The zero-order chi connectivity index (χ0) is 63.5. The van der Waals surface area contributed by atoms with Gasteiger partial charge in [0.25, 0.3) is 0 Å². The van der Waals surface area contributed by atoms with Crippen molar-refractivity contribution >= 4 is 128 Å². The Morgan fingerprint density at radius 3 is 1.26 bits per heavy atom. The summed E-state index contributed by atoms with van der Waals surface area (Å²) in [5.41, 5.74) is 1.55. The van der Waals surface area contributed by atoms with Crippen LogP contribution in [0.2, 0.25) is 19.9 Å². The van der Waals surface area contributed by atoms with Gasteiger partial charge in [0.05, 0.1) is 6.54 Å². The number of carbonyl (C=O) groups is 6. The van der Waals surface area contributed by atoms with Crippen LogP contribution in [0.25, 0.3) is 0 Å². The van der Waals surface area contributed by atoms with Gasteiger partial charge in [0.15, 0.2) is 49.0 Å². The fourth-order valence-electron chi connectivity index (χ4n) is 4.91. The number of pyridine rings is 3. The zero-order valence-electron chi connectivity index (χ0n) is 44.5. The summed E-state index contributed by atoms with van der Waals surface area (Å²) in [4.78, 5) is 89.4. The first-order valence-corrected chi connectivity index (χ1v) is 26.7. The molecule has 0 bridgehead atoms. The van der Waals surface area contributed by atoms with E-state index in [1.807, 2.05) is 0 Å². The molecule has 6 heterocycles. The molecular formula is C49H52Cl4F9N9O10S3. The quantitative estimate of drug-likeness (QED) is 0.0425. The Kier molecular flexibility index (Phi) is 29.5. The molecule has 0 aliphatic rings. The van der Waals surface area contributed by atoms with E-state index >= 15 is 0 Å². The smallest absolute Gasteiger partial charge is 0.443 e. The van der Waals surface area contributed by atoms with Crippen molar-refractivity contribution < 1.29 is 87.2 Å². The second-order valence-corrected chi connectivity index (χ2v) is 23.3. The van der Waals surface area contributed by atoms with Gasteiger partial charge >= 0.3 is 36.9 Å². The topological polar surface area (TPSA) is 258 Å². The predicted molar refractivity (Wildman–Crippen MR) is 298 cm³/mol.